The second-order valence-corrected chi connectivity index (χ2v) is 5.83. The molecule has 2 rings (SSSR count). The standard InChI is InChI=1S/C16H18BrNO/c1-10(2)12-5-4-11(3)16(8-12)19-15-7-6-13(18)9-14(15)17/h4-10H,18H2,1-3H3. The van der Waals surface area contributed by atoms with E-state index in [4.69, 9.17) is 10.5 Å². The van der Waals surface area contributed by atoms with Crippen LogP contribution in [0.25, 0.3) is 0 Å². The molecule has 0 fully saturated rings. The summed E-state index contributed by atoms with van der Waals surface area (Å²) in [6.45, 7) is 6.39. The van der Waals surface area contributed by atoms with Crippen LogP contribution in [0.4, 0.5) is 5.69 Å². The molecule has 19 heavy (non-hydrogen) atoms. The summed E-state index contributed by atoms with van der Waals surface area (Å²) in [5.41, 5.74) is 8.83. The quantitative estimate of drug-likeness (QED) is 0.783. The molecule has 0 amide bonds. The highest BCUT2D eigenvalue weighted by atomic mass is 79.9. The second kappa shape index (κ2) is 5.66. The molecule has 0 saturated carbocycles. The van der Waals surface area contributed by atoms with Crippen LogP contribution >= 0.6 is 15.9 Å². The minimum Gasteiger partial charge on any atom is -0.456 e. The fraction of sp³-hybridized carbons (Fsp3) is 0.250. The number of hydrogen-bond donors (Lipinski definition) is 1. The molecule has 2 N–H and O–H groups in total. The van der Waals surface area contributed by atoms with Crippen LogP contribution in [-0.4, -0.2) is 0 Å². The summed E-state index contributed by atoms with van der Waals surface area (Å²) in [7, 11) is 0. The van der Waals surface area contributed by atoms with Gasteiger partial charge >= 0.3 is 0 Å². The van der Waals surface area contributed by atoms with Gasteiger partial charge in [-0.3, -0.25) is 0 Å². The third-order valence-corrected chi connectivity index (χ3v) is 3.67. The SMILES string of the molecule is Cc1ccc(C(C)C)cc1Oc1ccc(N)cc1Br. The van der Waals surface area contributed by atoms with Gasteiger partial charge in [-0.05, 0) is 64.2 Å². The van der Waals surface area contributed by atoms with Gasteiger partial charge in [0.15, 0.2) is 0 Å². The Kier molecular flexibility index (Phi) is 4.15. The van der Waals surface area contributed by atoms with E-state index >= 15 is 0 Å². The largest absolute Gasteiger partial charge is 0.456 e. The lowest BCUT2D eigenvalue weighted by Gasteiger charge is -2.13. The number of anilines is 1. The van der Waals surface area contributed by atoms with Crippen molar-refractivity contribution in [2.24, 2.45) is 0 Å². The van der Waals surface area contributed by atoms with Gasteiger partial charge in [0, 0.05) is 5.69 Å². The molecule has 0 heterocycles. The molecule has 2 aromatic carbocycles. The average Bonchev–Trinajstić information content (AvgIpc) is 2.34. The van der Waals surface area contributed by atoms with Crippen LogP contribution in [0.2, 0.25) is 0 Å². The molecule has 0 atom stereocenters. The van der Waals surface area contributed by atoms with Gasteiger partial charge in [-0.25, -0.2) is 0 Å². The lowest BCUT2D eigenvalue weighted by molar-refractivity contribution is 0.475. The Bertz CT molecular complexity index is 593. The molecule has 100 valence electrons. The maximum atomic E-state index is 5.98. The van der Waals surface area contributed by atoms with Crippen molar-refractivity contribution < 1.29 is 4.74 Å². The Balaban J connectivity index is 2.34. The van der Waals surface area contributed by atoms with Gasteiger partial charge in [0.25, 0.3) is 0 Å². The Morgan fingerprint density at radius 1 is 1.05 bits per heavy atom. The smallest absolute Gasteiger partial charge is 0.141 e. The van der Waals surface area contributed by atoms with E-state index in [1.165, 1.54) is 5.56 Å². The van der Waals surface area contributed by atoms with Gasteiger partial charge in [0.05, 0.1) is 4.47 Å². The number of rotatable bonds is 3. The van der Waals surface area contributed by atoms with Crippen molar-refractivity contribution in [1.82, 2.24) is 0 Å². The summed E-state index contributed by atoms with van der Waals surface area (Å²) in [6, 6.07) is 11.9. The lowest BCUT2D eigenvalue weighted by Crippen LogP contribution is -1.93. The van der Waals surface area contributed by atoms with Crippen molar-refractivity contribution in [1.29, 1.82) is 0 Å². The van der Waals surface area contributed by atoms with Gasteiger partial charge in [-0.1, -0.05) is 26.0 Å². The Labute approximate surface area is 122 Å². The number of ether oxygens (including phenoxy) is 1. The molecular formula is C16H18BrNO. The van der Waals surface area contributed by atoms with E-state index < -0.39 is 0 Å². The third-order valence-electron chi connectivity index (χ3n) is 3.05. The molecule has 0 unspecified atom stereocenters. The number of nitrogen functional groups attached to an aromatic ring is 1. The van der Waals surface area contributed by atoms with E-state index in [1.807, 2.05) is 25.1 Å². The first kappa shape index (κ1) is 13.9. The average molecular weight is 320 g/mol. The number of benzene rings is 2. The number of aryl methyl sites for hydroxylation is 1. The van der Waals surface area contributed by atoms with Crippen molar-refractivity contribution in [3.8, 4) is 11.5 Å². The van der Waals surface area contributed by atoms with Gasteiger partial charge in [0.2, 0.25) is 0 Å². The summed E-state index contributed by atoms with van der Waals surface area (Å²) < 4.78 is 6.85. The van der Waals surface area contributed by atoms with Crippen molar-refractivity contribution >= 4 is 21.6 Å². The van der Waals surface area contributed by atoms with Crippen molar-refractivity contribution in [3.63, 3.8) is 0 Å². The summed E-state index contributed by atoms with van der Waals surface area (Å²) in [5, 5.41) is 0. The second-order valence-electron chi connectivity index (χ2n) is 4.97. The minimum absolute atomic E-state index is 0.484. The van der Waals surface area contributed by atoms with Crippen LogP contribution in [0.5, 0.6) is 11.5 Å². The van der Waals surface area contributed by atoms with Gasteiger partial charge in [-0.15, -0.1) is 0 Å². The van der Waals surface area contributed by atoms with Crippen molar-refractivity contribution in [2.45, 2.75) is 26.7 Å². The molecule has 0 aliphatic heterocycles. The number of halogens is 1. The summed E-state index contributed by atoms with van der Waals surface area (Å²) in [4.78, 5) is 0. The topological polar surface area (TPSA) is 35.2 Å². The van der Waals surface area contributed by atoms with E-state index in [0.29, 0.717) is 11.6 Å². The minimum atomic E-state index is 0.484. The summed E-state index contributed by atoms with van der Waals surface area (Å²) in [6.07, 6.45) is 0. The van der Waals surface area contributed by atoms with E-state index in [2.05, 4.69) is 48.0 Å². The van der Waals surface area contributed by atoms with E-state index in [-0.39, 0.29) is 0 Å². The van der Waals surface area contributed by atoms with Crippen molar-refractivity contribution in [2.75, 3.05) is 5.73 Å². The van der Waals surface area contributed by atoms with Crippen LogP contribution in [0.3, 0.4) is 0 Å². The van der Waals surface area contributed by atoms with E-state index in [1.54, 1.807) is 0 Å². The molecule has 0 radical (unpaired) electrons. The maximum absolute atomic E-state index is 5.98. The van der Waals surface area contributed by atoms with Gasteiger partial charge in [-0.2, -0.15) is 0 Å². The number of nitrogens with two attached hydrogens (primary N) is 1. The zero-order valence-corrected chi connectivity index (χ0v) is 13.0. The zero-order valence-electron chi connectivity index (χ0n) is 11.4. The molecule has 0 spiro atoms. The zero-order chi connectivity index (χ0) is 14.0. The first-order chi connectivity index (χ1) is 8.97. The molecule has 2 nitrogen and oxygen atoms in total. The fourth-order valence-corrected chi connectivity index (χ4v) is 2.28. The van der Waals surface area contributed by atoms with E-state index in [9.17, 15) is 0 Å². The third kappa shape index (κ3) is 3.29. The molecule has 3 heteroatoms. The predicted octanol–water partition coefficient (Wildman–Crippen LogP) is 5.26. The number of hydrogen-bond acceptors (Lipinski definition) is 2. The molecule has 0 aliphatic rings. The van der Waals surface area contributed by atoms with Crippen molar-refractivity contribution in [3.05, 3.63) is 52.0 Å². The Morgan fingerprint density at radius 2 is 1.79 bits per heavy atom. The highest BCUT2D eigenvalue weighted by Gasteiger charge is 2.08. The molecule has 0 aromatic heterocycles. The Morgan fingerprint density at radius 3 is 2.42 bits per heavy atom. The maximum Gasteiger partial charge on any atom is 0.141 e. The highest BCUT2D eigenvalue weighted by Crippen LogP contribution is 2.34. The summed E-state index contributed by atoms with van der Waals surface area (Å²) in [5.74, 6) is 2.15. The van der Waals surface area contributed by atoms with Crippen LogP contribution in [0.15, 0.2) is 40.9 Å². The Hall–Kier alpha value is -1.48. The first-order valence-corrected chi connectivity index (χ1v) is 7.10. The first-order valence-electron chi connectivity index (χ1n) is 6.31. The molecule has 0 saturated heterocycles. The monoisotopic (exact) mass is 319 g/mol. The normalized spacial score (nSPS) is 10.8. The summed E-state index contributed by atoms with van der Waals surface area (Å²) >= 11 is 3.47. The molecule has 0 aliphatic carbocycles. The van der Waals surface area contributed by atoms with Gasteiger partial charge < -0.3 is 10.5 Å². The predicted molar refractivity (Wildman–Crippen MR) is 83.9 cm³/mol. The van der Waals surface area contributed by atoms with Crippen LogP contribution in [-0.2, 0) is 0 Å². The van der Waals surface area contributed by atoms with Crippen LogP contribution < -0.4 is 10.5 Å². The fourth-order valence-electron chi connectivity index (χ4n) is 1.80. The van der Waals surface area contributed by atoms with E-state index in [0.717, 1.165) is 21.5 Å². The lowest BCUT2D eigenvalue weighted by atomic mass is 10.0. The molecule has 2 aromatic rings. The van der Waals surface area contributed by atoms with Gasteiger partial charge in [0.1, 0.15) is 11.5 Å². The van der Waals surface area contributed by atoms with Crippen LogP contribution in [0.1, 0.15) is 30.9 Å². The van der Waals surface area contributed by atoms with Crippen LogP contribution in [0, 0.1) is 6.92 Å². The highest BCUT2D eigenvalue weighted by molar-refractivity contribution is 9.10. The molecular weight excluding hydrogens is 302 g/mol. The molecule has 0 bridgehead atoms.